The summed E-state index contributed by atoms with van der Waals surface area (Å²) < 4.78 is 33.7. The van der Waals surface area contributed by atoms with Gasteiger partial charge >= 0.3 is 0 Å². The van der Waals surface area contributed by atoms with Crippen molar-refractivity contribution >= 4 is 15.9 Å². The Morgan fingerprint density at radius 3 is 2.20 bits per heavy atom. The molecule has 25 heavy (non-hydrogen) atoms. The Balaban J connectivity index is 1.67. The van der Waals surface area contributed by atoms with Gasteiger partial charge in [-0.2, -0.15) is 4.31 Å². The minimum absolute atomic E-state index is 0.0675. The average Bonchev–Trinajstić information content (AvgIpc) is 3.07. The summed E-state index contributed by atoms with van der Waals surface area (Å²) in [6.07, 6.45) is 3.58. The van der Waals surface area contributed by atoms with Crippen LogP contribution in [-0.4, -0.2) is 61.4 Å². The first-order valence-electron chi connectivity index (χ1n) is 7.97. The molecule has 3 rings (SSSR count). The number of nitrogens with zero attached hydrogens (tertiary/aromatic N) is 3. The first-order valence-corrected chi connectivity index (χ1v) is 9.41. The van der Waals surface area contributed by atoms with Crippen molar-refractivity contribution in [3.8, 4) is 5.75 Å². The molecule has 1 aliphatic heterocycles. The summed E-state index contributed by atoms with van der Waals surface area (Å²) >= 11 is 0. The Morgan fingerprint density at radius 1 is 1.04 bits per heavy atom. The lowest BCUT2D eigenvalue weighted by molar-refractivity contribution is 0.0698. The summed E-state index contributed by atoms with van der Waals surface area (Å²) in [5.41, 5.74) is 0.619. The summed E-state index contributed by atoms with van der Waals surface area (Å²) in [7, 11) is -0.169. The van der Waals surface area contributed by atoms with Crippen LogP contribution >= 0.6 is 0 Å². The van der Waals surface area contributed by atoms with Crippen LogP contribution in [0.5, 0.6) is 5.75 Å². The third kappa shape index (κ3) is 3.54. The Hall–Kier alpha value is -2.32. The standard InChI is InChI=1S/C17H21N3O4S/c1-18-8-7-14(13-18)17(21)19-9-11-20(12-10-19)25(22,23)16-5-3-15(24-2)4-6-16/h3-8,13H,9-12H2,1-2H3. The number of aryl methyl sites for hydroxylation is 1. The van der Waals surface area contributed by atoms with E-state index >= 15 is 0 Å². The number of rotatable bonds is 4. The maximum Gasteiger partial charge on any atom is 0.255 e. The maximum absolute atomic E-state index is 12.7. The van der Waals surface area contributed by atoms with Crippen LogP contribution in [0.15, 0.2) is 47.6 Å². The molecule has 0 N–H and O–H groups in total. The number of amides is 1. The number of benzene rings is 1. The Kier molecular flexibility index (Phi) is 4.82. The molecule has 0 spiro atoms. The molecular formula is C17H21N3O4S. The predicted molar refractivity (Wildman–Crippen MR) is 93.1 cm³/mol. The highest BCUT2D eigenvalue weighted by Crippen LogP contribution is 2.21. The van der Waals surface area contributed by atoms with Gasteiger partial charge in [-0.25, -0.2) is 8.42 Å². The summed E-state index contributed by atoms with van der Waals surface area (Å²) in [6, 6.07) is 8.10. The van der Waals surface area contributed by atoms with E-state index in [1.54, 1.807) is 29.3 Å². The van der Waals surface area contributed by atoms with Gasteiger partial charge in [0.15, 0.2) is 0 Å². The molecule has 0 bridgehead atoms. The second-order valence-electron chi connectivity index (χ2n) is 5.94. The largest absolute Gasteiger partial charge is 0.497 e. The Morgan fingerprint density at radius 2 is 1.68 bits per heavy atom. The number of hydrogen-bond acceptors (Lipinski definition) is 4. The fourth-order valence-corrected chi connectivity index (χ4v) is 4.26. The highest BCUT2D eigenvalue weighted by atomic mass is 32.2. The molecule has 134 valence electrons. The molecule has 7 nitrogen and oxygen atoms in total. The van der Waals surface area contributed by atoms with Gasteiger partial charge in [-0.05, 0) is 30.3 Å². The van der Waals surface area contributed by atoms with Crippen molar-refractivity contribution in [1.82, 2.24) is 13.8 Å². The number of ether oxygens (including phenoxy) is 1. The van der Waals surface area contributed by atoms with Crippen LogP contribution in [0.1, 0.15) is 10.4 Å². The number of carbonyl (C=O) groups is 1. The SMILES string of the molecule is COc1ccc(S(=O)(=O)N2CCN(C(=O)c3ccn(C)c3)CC2)cc1. The van der Waals surface area contributed by atoms with E-state index in [1.807, 2.05) is 17.8 Å². The summed E-state index contributed by atoms with van der Waals surface area (Å²) in [5, 5.41) is 0. The lowest BCUT2D eigenvalue weighted by atomic mass is 10.2. The zero-order chi connectivity index (χ0) is 18.0. The molecule has 0 aliphatic carbocycles. The van der Waals surface area contributed by atoms with Crippen LogP contribution in [-0.2, 0) is 17.1 Å². The minimum Gasteiger partial charge on any atom is -0.497 e. The van der Waals surface area contributed by atoms with Gasteiger partial charge in [0.1, 0.15) is 5.75 Å². The number of methoxy groups -OCH3 is 1. The van der Waals surface area contributed by atoms with E-state index in [2.05, 4.69) is 0 Å². The monoisotopic (exact) mass is 363 g/mol. The smallest absolute Gasteiger partial charge is 0.255 e. The molecule has 1 saturated heterocycles. The third-order valence-electron chi connectivity index (χ3n) is 4.30. The molecule has 0 atom stereocenters. The predicted octanol–water partition coefficient (Wildman–Crippen LogP) is 1.18. The number of hydrogen-bond donors (Lipinski definition) is 0. The maximum atomic E-state index is 12.7. The van der Waals surface area contributed by atoms with E-state index in [1.165, 1.54) is 23.5 Å². The van der Waals surface area contributed by atoms with E-state index in [4.69, 9.17) is 4.74 Å². The number of piperazine rings is 1. The van der Waals surface area contributed by atoms with Crippen molar-refractivity contribution in [2.45, 2.75) is 4.90 Å². The highest BCUT2D eigenvalue weighted by molar-refractivity contribution is 7.89. The van der Waals surface area contributed by atoms with E-state index in [0.29, 0.717) is 24.4 Å². The van der Waals surface area contributed by atoms with E-state index in [9.17, 15) is 13.2 Å². The molecule has 0 saturated carbocycles. The average molecular weight is 363 g/mol. The third-order valence-corrected chi connectivity index (χ3v) is 6.21. The van der Waals surface area contributed by atoms with Gasteiger partial charge in [-0.3, -0.25) is 4.79 Å². The molecular weight excluding hydrogens is 342 g/mol. The van der Waals surface area contributed by atoms with Crippen molar-refractivity contribution < 1.29 is 17.9 Å². The zero-order valence-electron chi connectivity index (χ0n) is 14.3. The second kappa shape index (κ2) is 6.89. The normalized spacial score (nSPS) is 16.0. The summed E-state index contributed by atoms with van der Waals surface area (Å²) in [6.45, 7) is 1.33. The van der Waals surface area contributed by atoms with Crippen LogP contribution < -0.4 is 4.74 Å². The van der Waals surface area contributed by atoms with Crippen LogP contribution in [0.3, 0.4) is 0 Å². The van der Waals surface area contributed by atoms with Crippen LogP contribution in [0.2, 0.25) is 0 Å². The van der Waals surface area contributed by atoms with E-state index in [0.717, 1.165) is 0 Å². The van der Waals surface area contributed by atoms with Crippen molar-refractivity contribution in [2.75, 3.05) is 33.3 Å². The first-order chi connectivity index (χ1) is 11.9. The van der Waals surface area contributed by atoms with Gasteiger partial charge in [0.25, 0.3) is 5.91 Å². The Labute approximate surface area is 147 Å². The molecule has 1 aromatic heterocycles. The highest BCUT2D eigenvalue weighted by Gasteiger charge is 2.30. The van der Waals surface area contributed by atoms with Gasteiger partial charge in [-0.15, -0.1) is 0 Å². The molecule has 8 heteroatoms. The van der Waals surface area contributed by atoms with Gasteiger partial charge in [0.05, 0.1) is 17.6 Å². The second-order valence-corrected chi connectivity index (χ2v) is 7.88. The topological polar surface area (TPSA) is 71.9 Å². The van der Waals surface area contributed by atoms with Crippen molar-refractivity contribution in [3.63, 3.8) is 0 Å². The van der Waals surface area contributed by atoms with Crippen molar-refractivity contribution in [3.05, 3.63) is 48.3 Å². The van der Waals surface area contributed by atoms with Crippen molar-refractivity contribution in [1.29, 1.82) is 0 Å². The van der Waals surface area contributed by atoms with Gasteiger partial charge in [0, 0.05) is 45.6 Å². The fraction of sp³-hybridized carbons (Fsp3) is 0.353. The van der Waals surface area contributed by atoms with Crippen molar-refractivity contribution in [2.24, 2.45) is 7.05 Å². The minimum atomic E-state index is -3.56. The molecule has 1 aromatic carbocycles. The molecule has 1 amide bonds. The van der Waals surface area contributed by atoms with E-state index < -0.39 is 10.0 Å². The Bertz CT molecular complexity index is 850. The lowest BCUT2D eigenvalue weighted by Gasteiger charge is -2.33. The summed E-state index contributed by atoms with van der Waals surface area (Å²) in [5.74, 6) is 0.541. The number of aromatic nitrogens is 1. The van der Waals surface area contributed by atoms with Gasteiger partial charge < -0.3 is 14.2 Å². The molecule has 0 radical (unpaired) electrons. The quantitative estimate of drug-likeness (QED) is 0.818. The lowest BCUT2D eigenvalue weighted by Crippen LogP contribution is -2.50. The van der Waals surface area contributed by atoms with Gasteiger partial charge in [-0.1, -0.05) is 0 Å². The molecule has 1 fully saturated rings. The van der Waals surface area contributed by atoms with Crippen LogP contribution in [0.25, 0.3) is 0 Å². The first kappa shape index (κ1) is 17.5. The van der Waals surface area contributed by atoms with Crippen LogP contribution in [0.4, 0.5) is 0 Å². The van der Waals surface area contributed by atoms with Crippen LogP contribution in [0, 0.1) is 0 Å². The van der Waals surface area contributed by atoms with E-state index in [-0.39, 0.29) is 23.9 Å². The summed E-state index contributed by atoms with van der Waals surface area (Å²) in [4.78, 5) is 14.4. The zero-order valence-corrected chi connectivity index (χ0v) is 15.1. The molecule has 1 aliphatic rings. The molecule has 2 heterocycles. The van der Waals surface area contributed by atoms with Gasteiger partial charge in [0.2, 0.25) is 10.0 Å². The molecule has 2 aromatic rings. The fourth-order valence-electron chi connectivity index (χ4n) is 2.84. The number of carbonyl (C=O) groups excluding carboxylic acids is 1. The molecule has 0 unspecified atom stereocenters. The number of sulfonamides is 1.